The predicted octanol–water partition coefficient (Wildman–Crippen LogP) is 6.18. The van der Waals surface area contributed by atoms with E-state index in [-0.39, 0.29) is 17.5 Å². The van der Waals surface area contributed by atoms with Crippen molar-refractivity contribution in [1.29, 1.82) is 0 Å². The number of aliphatic imine (C=N–C) groups is 1. The van der Waals surface area contributed by atoms with Gasteiger partial charge in [-0.2, -0.15) is 0 Å². The smallest absolute Gasteiger partial charge is 0.133 e. The van der Waals surface area contributed by atoms with Gasteiger partial charge < -0.3 is 10.1 Å². The summed E-state index contributed by atoms with van der Waals surface area (Å²) in [5, 5.41) is 3.67. The lowest BCUT2D eigenvalue weighted by molar-refractivity contribution is 0.338. The van der Waals surface area contributed by atoms with Crippen molar-refractivity contribution in [3.05, 3.63) is 100 Å². The molecule has 1 aliphatic heterocycles. The normalized spacial score (nSPS) is 17.3. The van der Waals surface area contributed by atoms with Gasteiger partial charge in [-0.05, 0) is 65.4 Å². The van der Waals surface area contributed by atoms with Crippen molar-refractivity contribution in [2.75, 3.05) is 6.61 Å². The summed E-state index contributed by atoms with van der Waals surface area (Å²) in [7, 11) is 0. The summed E-state index contributed by atoms with van der Waals surface area (Å²) in [4.78, 5) is 5.15. The van der Waals surface area contributed by atoms with Gasteiger partial charge >= 0.3 is 0 Å². The number of amidine groups is 1. The Balaban J connectivity index is 1.78. The first-order chi connectivity index (χ1) is 16.3. The first-order valence-corrected chi connectivity index (χ1v) is 11.6. The Morgan fingerprint density at radius 3 is 2.00 bits per heavy atom. The number of hydrogen-bond acceptors (Lipinski definition) is 3. The molecule has 0 aliphatic carbocycles. The van der Waals surface area contributed by atoms with Crippen molar-refractivity contribution >= 4 is 5.84 Å². The van der Waals surface area contributed by atoms with Crippen molar-refractivity contribution in [1.82, 2.24) is 5.32 Å². The van der Waals surface area contributed by atoms with E-state index >= 15 is 0 Å². The third-order valence-corrected chi connectivity index (χ3v) is 6.13. The quantitative estimate of drug-likeness (QED) is 0.475. The van der Waals surface area contributed by atoms with Crippen molar-refractivity contribution in [3.8, 4) is 30.4 Å². The molecule has 34 heavy (non-hydrogen) atoms. The number of rotatable bonds is 5. The van der Waals surface area contributed by atoms with Gasteiger partial charge in [-0.3, -0.25) is 4.99 Å². The fourth-order valence-corrected chi connectivity index (χ4v) is 4.18. The molecule has 0 fully saturated rings. The summed E-state index contributed by atoms with van der Waals surface area (Å²) in [5.41, 5.74) is 6.13. The lowest BCUT2D eigenvalue weighted by Gasteiger charge is -2.22. The Bertz CT molecular complexity index is 1280. The molecule has 1 heterocycles. The van der Waals surface area contributed by atoms with Crippen molar-refractivity contribution in [3.63, 3.8) is 0 Å². The predicted molar refractivity (Wildman–Crippen MR) is 140 cm³/mol. The maximum absolute atomic E-state index is 6.06. The Hall–Kier alpha value is -3.95. The summed E-state index contributed by atoms with van der Waals surface area (Å²) in [5.74, 6) is 7.04. The highest BCUT2D eigenvalue weighted by atomic mass is 16.5. The van der Waals surface area contributed by atoms with Crippen LogP contribution >= 0.6 is 0 Å². The van der Waals surface area contributed by atoms with Gasteiger partial charge in [0, 0.05) is 11.1 Å². The van der Waals surface area contributed by atoms with E-state index in [0.29, 0.717) is 6.61 Å². The monoisotopic (exact) mass is 446 g/mol. The van der Waals surface area contributed by atoms with E-state index in [4.69, 9.17) is 22.6 Å². The SMILES string of the molecule is C#Cc1ccc([C@H]2NC(c3ccc(C(C)(C)C)cc3OCC)=N[C@H]2c2ccc(C#C)cc2)cc1. The molecule has 0 amide bonds. The lowest BCUT2D eigenvalue weighted by Crippen LogP contribution is -2.26. The van der Waals surface area contributed by atoms with E-state index in [1.165, 1.54) is 5.56 Å². The molecule has 0 bridgehead atoms. The van der Waals surface area contributed by atoms with E-state index < -0.39 is 0 Å². The molecule has 3 aromatic rings. The van der Waals surface area contributed by atoms with E-state index in [9.17, 15) is 0 Å². The highest BCUT2D eigenvalue weighted by molar-refractivity contribution is 6.03. The molecule has 3 aromatic carbocycles. The van der Waals surface area contributed by atoms with Gasteiger partial charge in [-0.15, -0.1) is 12.8 Å². The van der Waals surface area contributed by atoms with Gasteiger partial charge in [0.25, 0.3) is 0 Å². The van der Waals surface area contributed by atoms with Crippen LogP contribution in [0.15, 0.2) is 71.7 Å². The van der Waals surface area contributed by atoms with Crippen molar-refractivity contribution in [2.24, 2.45) is 4.99 Å². The largest absolute Gasteiger partial charge is 0.493 e. The number of terminal acetylenes is 2. The summed E-state index contributed by atoms with van der Waals surface area (Å²) < 4.78 is 6.06. The molecule has 3 nitrogen and oxygen atoms in total. The highest BCUT2D eigenvalue weighted by Gasteiger charge is 2.33. The van der Waals surface area contributed by atoms with Gasteiger partial charge in [0.05, 0.1) is 18.2 Å². The average molecular weight is 447 g/mol. The third kappa shape index (κ3) is 4.70. The Kier molecular flexibility index (Phi) is 6.49. The van der Waals surface area contributed by atoms with Crippen molar-refractivity contribution < 1.29 is 4.74 Å². The lowest BCUT2D eigenvalue weighted by atomic mass is 9.86. The highest BCUT2D eigenvalue weighted by Crippen LogP contribution is 2.39. The van der Waals surface area contributed by atoms with Crippen LogP contribution in [0.4, 0.5) is 0 Å². The van der Waals surface area contributed by atoms with Gasteiger partial charge in [-0.25, -0.2) is 0 Å². The first kappa shape index (κ1) is 23.2. The number of hydrogen-bond donors (Lipinski definition) is 1. The van der Waals surface area contributed by atoms with E-state index in [0.717, 1.165) is 39.4 Å². The first-order valence-electron chi connectivity index (χ1n) is 11.6. The minimum atomic E-state index is -0.115. The van der Waals surface area contributed by atoms with Crippen LogP contribution in [-0.4, -0.2) is 12.4 Å². The van der Waals surface area contributed by atoms with Crippen LogP contribution in [0.3, 0.4) is 0 Å². The number of nitrogens with one attached hydrogen (secondary N) is 1. The fourth-order valence-electron chi connectivity index (χ4n) is 4.18. The zero-order chi connectivity index (χ0) is 24.3. The van der Waals surface area contributed by atoms with Gasteiger partial charge in [0.2, 0.25) is 0 Å². The second kappa shape index (κ2) is 9.50. The van der Waals surface area contributed by atoms with Crippen LogP contribution in [0.5, 0.6) is 5.75 Å². The fraction of sp³-hybridized carbons (Fsp3) is 0.258. The van der Waals surface area contributed by atoms with Crippen LogP contribution in [-0.2, 0) is 5.41 Å². The molecule has 1 N–H and O–H groups in total. The molecular weight excluding hydrogens is 416 g/mol. The zero-order valence-corrected chi connectivity index (χ0v) is 20.2. The molecular formula is C31H30N2O. The average Bonchev–Trinajstić information content (AvgIpc) is 3.29. The number of ether oxygens (including phenoxy) is 1. The van der Waals surface area contributed by atoms with Gasteiger partial charge in [0.1, 0.15) is 17.6 Å². The van der Waals surface area contributed by atoms with Crippen LogP contribution < -0.4 is 10.1 Å². The van der Waals surface area contributed by atoms with Crippen LogP contribution in [0.25, 0.3) is 0 Å². The molecule has 0 aromatic heterocycles. The number of nitrogens with zero attached hydrogens (tertiary/aromatic N) is 1. The minimum Gasteiger partial charge on any atom is -0.493 e. The molecule has 3 heteroatoms. The molecule has 0 radical (unpaired) electrons. The molecule has 4 rings (SSSR count). The second-order valence-electron chi connectivity index (χ2n) is 9.47. The number of benzene rings is 3. The molecule has 170 valence electrons. The third-order valence-electron chi connectivity index (χ3n) is 6.13. The standard InChI is InChI=1S/C31H30N2O/c1-7-21-10-14-23(15-11-21)28-29(24-16-12-22(8-2)13-17-24)33-30(32-28)26-19-18-25(31(4,5)6)20-27(26)34-9-3/h1-2,10-20,28-29H,9H2,3-6H3,(H,32,33)/t28-,29+. The Morgan fingerprint density at radius 1 is 0.882 bits per heavy atom. The summed E-state index contributed by atoms with van der Waals surface area (Å²) in [6.07, 6.45) is 11.1. The van der Waals surface area contributed by atoms with E-state index in [1.54, 1.807) is 0 Å². The van der Waals surface area contributed by atoms with E-state index in [1.807, 2.05) is 31.2 Å². The summed E-state index contributed by atoms with van der Waals surface area (Å²) >= 11 is 0. The zero-order valence-electron chi connectivity index (χ0n) is 20.2. The molecule has 0 saturated carbocycles. The Morgan fingerprint density at radius 2 is 1.47 bits per heavy atom. The molecule has 0 spiro atoms. The maximum atomic E-state index is 6.06. The van der Waals surface area contributed by atoms with Gasteiger partial charge in [-0.1, -0.05) is 62.9 Å². The molecule has 2 atom stereocenters. The molecule has 0 unspecified atom stereocenters. The molecule has 0 saturated heterocycles. The van der Waals surface area contributed by atoms with Crippen LogP contribution in [0.2, 0.25) is 0 Å². The van der Waals surface area contributed by atoms with Gasteiger partial charge in [0.15, 0.2) is 0 Å². The van der Waals surface area contributed by atoms with Crippen molar-refractivity contribution in [2.45, 2.75) is 45.2 Å². The van der Waals surface area contributed by atoms with E-state index in [2.05, 4.69) is 80.4 Å². The summed E-state index contributed by atoms with van der Waals surface area (Å²) in [6.45, 7) is 9.20. The van der Waals surface area contributed by atoms with Crippen LogP contribution in [0.1, 0.15) is 73.2 Å². The van der Waals surface area contributed by atoms with Crippen LogP contribution in [0, 0.1) is 24.7 Å². The topological polar surface area (TPSA) is 33.6 Å². The second-order valence-corrected chi connectivity index (χ2v) is 9.47. The molecule has 1 aliphatic rings. The maximum Gasteiger partial charge on any atom is 0.133 e. The minimum absolute atomic E-state index is 0.0257. The summed E-state index contributed by atoms with van der Waals surface area (Å²) in [6, 6.07) is 22.4. The Labute approximate surface area is 203 Å².